The maximum atomic E-state index is 10.9. The van der Waals surface area contributed by atoms with Crippen molar-refractivity contribution in [1.29, 1.82) is 0 Å². The van der Waals surface area contributed by atoms with Crippen molar-refractivity contribution in [3.8, 4) is 0 Å². The molecule has 0 spiro atoms. The number of alkyl halides is 1. The number of hydrogen-bond donors (Lipinski definition) is 1. The van der Waals surface area contributed by atoms with E-state index in [-0.39, 0.29) is 17.8 Å². The zero-order chi connectivity index (χ0) is 8.20. The van der Waals surface area contributed by atoms with Gasteiger partial charge in [-0.3, -0.25) is 0 Å². The van der Waals surface area contributed by atoms with E-state index in [0.717, 1.165) is 4.31 Å². The Morgan fingerprint density at radius 2 is 2.10 bits per heavy atom. The summed E-state index contributed by atoms with van der Waals surface area (Å²) in [7, 11) is -1.75. The molecule has 0 aliphatic rings. The number of sulfonamides is 1. The number of rotatable bonds is 4. The Bertz CT molecular complexity index is 179. The van der Waals surface area contributed by atoms with Crippen molar-refractivity contribution in [3.63, 3.8) is 0 Å². The van der Waals surface area contributed by atoms with E-state index >= 15 is 0 Å². The Labute approximate surface area is 69.0 Å². The van der Waals surface area contributed by atoms with Gasteiger partial charge in [0.25, 0.3) is 0 Å². The molecule has 0 bridgehead atoms. The van der Waals surface area contributed by atoms with Crippen LogP contribution in [-0.4, -0.2) is 42.7 Å². The average molecular weight is 232 g/mol. The third-order valence-electron chi connectivity index (χ3n) is 1.03. The van der Waals surface area contributed by atoms with E-state index in [2.05, 4.69) is 15.9 Å². The predicted molar refractivity (Wildman–Crippen MR) is 42.4 cm³/mol. The molecule has 10 heavy (non-hydrogen) atoms. The summed E-state index contributed by atoms with van der Waals surface area (Å²) in [5, 5.41) is 8.37. The predicted octanol–water partition coefficient (Wildman–Crippen LogP) is -0.407. The molecule has 62 valence electrons. The molecule has 0 aliphatic heterocycles. The summed E-state index contributed by atoms with van der Waals surface area (Å²) in [6.45, 7) is -0.00331. The third kappa shape index (κ3) is 2.96. The van der Waals surface area contributed by atoms with Gasteiger partial charge in [-0.1, -0.05) is 15.9 Å². The number of halogens is 1. The monoisotopic (exact) mass is 231 g/mol. The van der Waals surface area contributed by atoms with Crippen molar-refractivity contribution in [2.75, 3.05) is 24.9 Å². The molecular weight excluding hydrogens is 222 g/mol. The second-order valence-corrected chi connectivity index (χ2v) is 5.15. The SMILES string of the molecule is CN(CCO)S(=O)(=O)CBr. The highest BCUT2D eigenvalue weighted by atomic mass is 79.9. The van der Waals surface area contributed by atoms with Gasteiger partial charge in [0, 0.05) is 13.6 Å². The highest BCUT2D eigenvalue weighted by molar-refractivity contribution is 9.10. The first-order valence-electron chi connectivity index (χ1n) is 2.65. The van der Waals surface area contributed by atoms with E-state index in [4.69, 9.17) is 5.11 Å². The smallest absolute Gasteiger partial charge is 0.223 e. The highest BCUT2D eigenvalue weighted by Gasteiger charge is 2.13. The summed E-state index contributed by atoms with van der Waals surface area (Å²) < 4.78 is 22.7. The molecule has 0 amide bonds. The second-order valence-electron chi connectivity index (χ2n) is 1.77. The van der Waals surface area contributed by atoms with Gasteiger partial charge in [-0.25, -0.2) is 12.7 Å². The third-order valence-corrected chi connectivity index (χ3v) is 4.17. The molecule has 0 saturated carbocycles. The van der Waals surface area contributed by atoms with Crippen LogP contribution in [0.15, 0.2) is 0 Å². The first-order chi connectivity index (χ1) is 4.54. The number of nitrogens with zero attached hydrogens (tertiary/aromatic N) is 1. The molecule has 6 heteroatoms. The van der Waals surface area contributed by atoms with Crippen LogP contribution in [0.4, 0.5) is 0 Å². The van der Waals surface area contributed by atoms with Gasteiger partial charge in [0.15, 0.2) is 0 Å². The molecule has 0 fully saturated rings. The minimum Gasteiger partial charge on any atom is -0.395 e. The average Bonchev–Trinajstić information content (AvgIpc) is 1.89. The quantitative estimate of drug-likeness (QED) is 0.670. The number of aliphatic hydroxyl groups excluding tert-OH is 1. The van der Waals surface area contributed by atoms with Gasteiger partial charge >= 0.3 is 0 Å². The summed E-state index contributed by atoms with van der Waals surface area (Å²) in [5.41, 5.74) is 0. The summed E-state index contributed by atoms with van der Waals surface area (Å²) >= 11 is 2.83. The van der Waals surface area contributed by atoms with Crippen LogP contribution in [0.25, 0.3) is 0 Å². The molecule has 0 aliphatic carbocycles. The van der Waals surface area contributed by atoms with Crippen LogP contribution >= 0.6 is 15.9 Å². The lowest BCUT2D eigenvalue weighted by Crippen LogP contribution is -2.30. The topological polar surface area (TPSA) is 57.6 Å². The van der Waals surface area contributed by atoms with Crippen LogP contribution in [0.1, 0.15) is 0 Å². The van der Waals surface area contributed by atoms with Gasteiger partial charge in [-0.15, -0.1) is 0 Å². The molecule has 0 rings (SSSR count). The van der Waals surface area contributed by atoms with Crippen molar-refractivity contribution >= 4 is 26.0 Å². The van der Waals surface area contributed by atoms with Crippen molar-refractivity contribution in [2.45, 2.75) is 0 Å². The highest BCUT2D eigenvalue weighted by Crippen LogP contribution is 2.00. The van der Waals surface area contributed by atoms with E-state index in [1.165, 1.54) is 7.05 Å². The Kier molecular flexibility index (Phi) is 4.42. The van der Waals surface area contributed by atoms with Crippen LogP contribution in [0.3, 0.4) is 0 Å². The largest absolute Gasteiger partial charge is 0.395 e. The fourth-order valence-electron chi connectivity index (χ4n) is 0.363. The molecule has 0 unspecified atom stereocenters. The zero-order valence-corrected chi connectivity index (χ0v) is 8.02. The van der Waals surface area contributed by atoms with Crippen molar-refractivity contribution in [2.24, 2.45) is 0 Å². The zero-order valence-electron chi connectivity index (χ0n) is 5.62. The first kappa shape index (κ1) is 10.3. The molecule has 0 saturated heterocycles. The Hall–Kier alpha value is 0.350. The summed E-state index contributed by atoms with van der Waals surface area (Å²) in [5.74, 6) is 0. The number of aliphatic hydroxyl groups is 1. The first-order valence-corrected chi connectivity index (χ1v) is 5.38. The van der Waals surface area contributed by atoms with E-state index < -0.39 is 10.0 Å². The second kappa shape index (κ2) is 4.27. The van der Waals surface area contributed by atoms with E-state index in [1.807, 2.05) is 0 Å². The van der Waals surface area contributed by atoms with Gasteiger partial charge in [0.05, 0.1) is 6.61 Å². The molecule has 0 radical (unpaired) electrons. The van der Waals surface area contributed by atoms with E-state index in [1.54, 1.807) is 0 Å². The van der Waals surface area contributed by atoms with Crippen LogP contribution in [0, 0.1) is 0 Å². The van der Waals surface area contributed by atoms with Crippen molar-refractivity contribution < 1.29 is 13.5 Å². The molecule has 0 aromatic heterocycles. The lowest BCUT2D eigenvalue weighted by Gasteiger charge is -2.12. The lowest BCUT2D eigenvalue weighted by molar-refractivity contribution is 0.267. The van der Waals surface area contributed by atoms with Gasteiger partial charge in [-0.05, 0) is 0 Å². The fourth-order valence-corrected chi connectivity index (χ4v) is 1.94. The van der Waals surface area contributed by atoms with Gasteiger partial charge in [-0.2, -0.15) is 0 Å². The van der Waals surface area contributed by atoms with E-state index in [9.17, 15) is 8.42 Å². The molecule has 0 heterocycles. The van der Waals surface area contributed by atoms with Gasteiger partial charge in [0.1, 0.15) is 4.66 Å². The number of hydrogen-bond acceptors (Lipinski definition) is 3. The maximum Gasteiger partial charge on any atom is 0.223 e. The Morgan fingerprint density at radius 3 is 2.40 bits per heavy atom. The van der Waals surface area contributed by atoms with Crippen LogP contribution in [0.5, 0.6) is 0 Å². The van der Waals surface area contributed by atoms with Gasteiger partial charge < -0.3 is 5.11 Å². The molecule has 0 atom stereocenters. The lowest BCUT2D eigenvalue weighted by atomic mass is 10.7. The van der Waals surface area contributed by atoms with E-state index in [0.29, 0.717) is 0 Å². The fraction of sp³-hybridized carbons (Fsp3) is 1.00. The van der Waals surface area contributed by atoms with Crippen molar-refractivity contribution in [1.82, 2.24) is 4.31 Å². The van der Waals surface area contributed by atoms with Gasteiger partial charge in [0.2, 0.25) is 10.0 Å². The van der Waals surface area contributed by atoms with Crippen LogP contribution < -0.4 is 0 Å². The molecular formula is C4H10BrNO3S. The molecule has 4 nitrogen and oxygen atoms in total. The van der Waals surface area contributed by atoms with Crippen LogP contribution in [0.2, 0.25) is 0 Å². The molecule has 0 aromatic rings. The molecule has 1 N–H and O–H groups in total. The maximum absolute atomic E-state index is 10.9. The minimum absolute atomic E-state index is 0.101. The Balaban J connectivity index is 4.06. The standard InChI is InChI=1S/C4H10BrNO3S/c1-6(2-3-7)10(8,9)4-5/h7H,2-4H2,1H3. The summed E-state index contributed by atoms with van der Waals surface area (Å²) in [4.78, 5) is 0. The Morgan fingerprint density at radius 1 is 1.60 bits per heavy atom. The summed E-state index contributed by atoms with van der Waals surface area (Å²) in [6.07, 6.45) is 0. The molecule has 0 aromatic carbocycles. The van der Waals surface area contributed by atoms with Crippen LogP contribution in [-0.2, 0) is 10.0 Å². The summed E-state index contributed by atoms with van der Waals surface area (Å²) in [6, 6.07) is 0. The number of likely N-dealkylation sites (N-methyl/N-ethyl adjacent to an activating group) is 1. The van der Waals surface area contributed by atoms with Crippen molar-refractivity contribution in [3.05, 3.63) is 0 Å². The normalized spacial score (nSPS) is 12.4. The minimum atomic E-state index is -3.17.